The van der Waals surface area contributed by atoms with Crippen molar-refractivity contribution in [2.45, 2.75) is 57.5 Å². The lowest BCUT2D eigenvalue weighted by Crippen LogP contribution is -2.36. The van der Waals surface area contributed by atoms with Crippen molar-refractivity contribution in [2.24, 2.45) is 5.92 Å². The molecule has 0 heterocycles. The third-order valence-corrected chi connectivity index (χ3v) is 3.81. The van der Waals surface area contributed by atoms with Crippen LogP contribution in [-0.4, -0.2) is 6.18 Å². The number of hydrogen-bond acceptors (Lipinski definition) is 0. The van der Waals surface area contributed by atoms with E-state index in [-0.39, 0.29) is 5.56 Å². The summed E-state index contributed by atoms with van der Waals surface area (Å²) in [5, 5.41) is 0. The summed E-state index contributed by atoms with van der Waals surface area (Å²) >= 11 is 0. The van der Waals surface area contributed by atoms with Gasteiger partial charge in [0.2, 0.25) is 0 Å². The standard InChI is InChI=1S/C16H19F5/c1-14(2,3)12-7-6-11(8-10-4-5-10)9-13(12)15(17,18)16(19,20)21/h6-7,9-10H,4-5,8H2,1-3H3. The Morgan fingerprint density at radius 1 is 0.952 bits per heavy atom. The summed E-state index contributed by atoms with van der Waals surface area (Å²) in [7, 11) is 0. The molecule has 0 unspecified atom stereocenters. The van der Waals surface area contributed by atoms with Gasteiger partial charge in [0.05, 0.1) is 0 Å². The summed E-state index contributed by atoms with van der Waals surface area (Å²) in [6, 6.07) is 4.15. The van der Waals surface area contributed by atoms with E-state index in [1.54, 1.807) is 26.8 Å². The van der Waals surface area contributed by atoms with Gasteiger partial charge in [-0.2, -0.15) is 22.0 Å². The number of rotatable bonds is 3. The first-order valence-corrected chi connectivity index (χ1v) is 7.01. The van der Waals surface area contributed by atoms with E-state index in [9.17, 15) is 22.0 Å². The fourth-order valence-corrected chi connectivity index (χ4v) is 2.44. The van der Waals surface area contributed by atoms with Crippen molar-refractivity contribution in [3.63, 3.8) is 0 Å². The minimum Gasteiger partial charge on any atom is -0.191 e. The molecule has 0 radical (unpaired) electrons. The Labute approximate surface area is 121 Å². The van der Waals surface area contributed by atoms with E-state index >= 15 is 0 Å². The van der Waals surface area contributed by atoms with Gasteiger partial charge in [0.25, 0.3) is 0 Å². The molecule has 2 rings (SSSR count). The van der Waals surface area contributed by atoms with Crippen LogP contribution in [0.1, 0.15) is 50.3 Å². The topological polar surface area (TPSA) is 0 Å². The molecule has 0 aromatic heterocycles. The lowest BCUT2D eigenvalue weighted by atomic mass is 9.81. The van der Waals surface area contributed by atoms with E-state index in [1.165, 1.54) is 6.07 Å². The van der Waals surface area contributed by atoms with Crippen molar-refractivity contribution in [3.8, 4) is 0 Å². The van der Waals surface area contributed by atoms with Crippen LogP contribution in [0.15, 0.2) is 18.2 Å². The van der Waals surface area contributed by atoms with E-state index < -0.39 is 23.1 Å². The third-order valence-electron chi connectivity index (χ3n) is 3.81. The molecule has 0 N–H and O–H groups in total. The van der Waals surface area contributed by atoms with Crippen molar-refractivity contribution in [1.29, 1.82) is 0 Å². The minimum atomic E-state index is -5.58. The second kappa shape index (κ2) is 4.96. The Kier molecular flexibility index (Phi) is 3.83. The molecule has 1 aliphatic rings. The normalized spacial score (nSPS) is 17.1. The number of halogens is 5. The van der Waals surface area contributed by atoms with Gasteiger partial charge in [-0.05, 0) is 47.8 Å². The van der Waals surface area contributed by atoms with E-state index in [4.69, 9.17) is 0 Å². The quantitative estimate of drug-likeness (QED) is 0.638. The molecule has 118 valence electrons. The number of alkyl halides is 5. The van der Waals surface area contributed by atoms with Crippen LogP contribution in [0, 0.1) is 5.92 Å². The number of hydrogen-bond donors (Lipinski definition) is 0. The highest BCUT2D eigenvalue weighted by Crippen LogP contribution is 2.47. The molecule has 5 heteroatoms. The van der Waals surface area contributed by atoms with Crippen LogP contribution in [0.3, 0.4) is 0 Å². The zero-order valence-corrected chi connectivity index (χ0v) is 12.3. The first-order valence-electron chi connectivity index (χ1n) is 7.01. The maximum absolute atomic E-state index is 13.9. The molecule has 0 amide bonds. The van der Waals surface area contributed by atoms with Crippen LogP contribution >= 0.6 is 0 Å². The Morgan fingerprint density at radius 2 is 1.52 bits per heavy atom. The van der Waals surface area contributed by atoms with Crippen LogP contribution in [0.2, 0.25) is 0 Å². The molecule has 1 saturated carbocycles. The van der Waals surface area contributed by atoms with Crippen molar-refractivity contribution >= 4 is 0 Å². The lowest BCUT2D eigenvalue weighted by Gasteiger charge is -2.29. The molecule has 0 aliphatic heterocycles. The van der Waals surface area contributed by atoms with Gasteiger partial charge in [-0.3, -0.25) is 0 Å². The summed E-state index contributed by atoms with van der Waals surface area (Å²) in [6.45, 7) is 4.91. The molecule has 1 aromatic carbocycles. The van der Waals surface area contributed by atoms with Crippen molar-refractivity contribution in [3.05, 3.63) is 34.9 Å². The fourth-order valence-electron chi connectivity index (χ4n) is 2.44. The summed E-state index contributed by atoms with van der Waals surface area (Å²) < 4.78 is 66.0. The monoisotopic (exact) mass is 306 g/mol. The SMILES string of the molecule is CC(C)(C)c1ccc(CC2CC2)cc1C(F)(F)C(F)(F)F. The van der Waals surface area contributed by atoms with Gasteiger partial charge in [0.1, 0.15) is 0 Å². The third kappa shape index (κ3) is 3.38. The first kappa shape index (κ1) is 16.2. The smallest absolute Gasteiger partial charge is 0.191 e. The van der Waals surface area contributed by atoms with E-state index in [2.05, 4.69) is 0 Å². The van der Waals surface area contributed by atoms with Crippen LogP contribution < -0.4 is 0 Å². The summed E-state index contributed by atoms with van der Waals surface area (Å²) in [5.74, 6) is -4.40. The van der Waals surface area contributed by atoms with Gasteiger partial charge >= 0.3 is 12.1 Å². The average molecular weight is 306 g/mol. The van der Waals surface area contributed by atoms with Gasteiger partial charge in [-0.25, -0.2) is 0 Å². The van der Waals surface area contributed by atoms with E-state index in [1.807, 2.05) is 0 Å². The van der Waals surface area contributed by atoms with Gasteiger partial charge in [0, 0.05) is 5.56 Å². The average Bonchev–Trinajstić information content (AvgIpc) is 3.09. The van der Waals surface area contributed by atoms with Gasteiger partial charge < -0.3 is 0 Å². The first-order chi connectivity index (χ1) is 9.43. The van der Waals surface area contributed by atoms with Gasteiger partial charge in [-0.1, -0.05) is 32.9 Å². The Bertz CT molecular complexity index is 518. The highest BCUT2D eigenvalue weighted by molar-refractivity contribution is 5.40. The van der Waals surface area contributed by atoms with Crippen molar-refractivity contribution < 1.29 is 22.0 Å². The maximum Gasteiger partial charge on any atom is 0.458 e. The number of benzene rings is 1. The zero-order chi connectivity index (χ0) is 16.1. The Balaban J connectivity index is 2.52. The molecule has 1 fully saturated rings. The minimum absolute atomic E-state index is 0.0457. The molecule has 0 saturated heterocycles. The second-order valence-electron chi connectivity index (χ2n) is 6.85. The fraction of sp³-hybridized carbons (Fsp3) is 0.625. The summed E-state index contributed by atoms with van der Waals surface area (Å²) in [5.41, 5.74) is -1.07. The van der Waals surface area contributed by atoms with Crippen LogP contribution in [0.25, 0.3) is 0 Å². The maximum atomic E-state index is 13.9. The van der Waals surface area contributed by atoms with Crippen LogP contribution in [0.5, 0.6) is 0 Å². The summed E-state index contributed by atoms with van der Waals surface area (Å²) in [4.78, 5) is 0. The molecule has 0 bridgehead atoms. The highest BCUT2D eigenvalue weighted by atomic mass is 19.4. The van der Waals surface area contributed by atoms with Gasteiger partial charge in [0.15, 0.2) is 0 Å². The Hall–Kier alpha value is -1.13. The molecule has 21 heavy (non-hydrogen) atoms. The Morgan fingerprint density at radius 3 is 1.95 bits per heavy atom. The zero-order valence-electron chi connectivity index (χ0n) is 12.3. The predicted molar refractivity (Wildman–Crippen MR) is 71.5 cm³/mol. The predicted octanol–water partition coefficient (Wildman–Crippen LogP) is 5.59. The summed E-state index contributed by atoms with van der Waals surface area (Å²) in [6.07, 6.45) is -2.96. The van der Waals surface area contributed by atoms with E-state index in [0.29, 0.717) is 17.9 Å². The second-order valence-corrected chi connectivity index (χ2v) is 6.85. The highest BCUT2D eigenvalue weighted by Gasteiger charge is 2.60. The molecule has 0 nitrogen and oxygen atoms in total. The molecule has 0 spiro atoms. The molecule has 0 atom stereocenters. The molecule has 1 aliphatic carbocycles. The molecule has 1 aromatic rings. The van der Waals surface area contributed by atoms with Crippen LogP contribution in [-0.2, 0) is 17.8 Å². The lowest BCUT2D eigenvalue weighted by molar-refractivity contribution is -0.289. The van der Waals surface area contributed by atoms with Crippen molar-refractivity contribution in [1.82, 2.24) is 0 Å². The van der Waals surface area contributed by atoms with Crippen molar-refractivity contribution in [2.75, 3.05) is 0 Å². The largest absolute Gasteiger partial charge is 0.458 e. The van der Waals surface area contributed by atoms with Crippen LogP contribution in [0.4, 0.5) is 22.0 Å². The van der Waals surface area contributed by atoms with E-state index in [0.717, 1.165) is 18.9 Å². The van der Waals surface area contributed by atoms with Gasteiger partial charge in [-0.15, -0.1) is 0 Å². The molecular formula is C16H19F5. The molecular weight excluding hydrogens is 287 g/mol.